The van der Waals surface area contributed by atoms with Crippen molar-refractivity contribution in [2.75, 3.05) is 13.1 Å². The van der Waals surface area contributed by atoms with Gasteiger partial charge in [-0.15, -0.1) is 0 Å². The Morgan fingerprint density at radius 1 is 0.917 bits per heavy atom. The Kier molecular flexibility index (Phi) is 14.7. The van der Waals surface area contributed by atoms with Crippen LogP contribution in [0.5, 0.6) is 0 Å². The van der Waals surface area contributed by atoms with E-state index in [-0.39, 0.29) is 23.5 Å². The smallest absolute Gasteiger partial charge is 0.146 e. The summed E-state index contributed by atoms with van der Waals surface area (Å²) in [6, 6.07) is -0.335. The maximum absolute atomic E-state index is 10.8. The van der Waals surface area contributed by atoms with Gasteiger partial charge in [0.2, 0.25) is 0 Å². The van der Waals surface area contributed by atoms with Crippen molar-refractivity contribution < 1.29 is 9.59 Å². The van der Waals surface area contributed by atoms with Gasteiger partial charge in [-0.2, -0.15) is 0 Å². The molecule has 0 rings (SSSR count). The van der Waals surface area contributed by atoms with Crippen LogP contribution in [0.25, 0.3) is 0 Å². The zero-order valence-corrected chi connectivity index (χ0v) is 15.4. The number of nitrogens with two attached hydrogens (primary N) is 3. The van der Waals surface area contributed by atoms with E-state index in [0.717, 1.165) is 32.4 Å². The molecule has 7 nitrogen and oxygen atoms in total. The molecule has 8 N–H and O–H groups in total. The normalized spacial score (nSPS) is 12.2. The van der Waals surface area contributed by atoms with Gasteiger partial charge in [0, 0.05) is 19.0 Å². The van der Waals surface area contributed by atoms with Crippen molar-refractivity contribution >= 4 is 11.6 Å². The number of rotatable bonds is 12. The molecule has 0 aliphatic carbocycles. The number of hydrogen-bond donors (Lipinski definition) is 5. The average molecular weight is 342 g/mol. The highest BCUT2D eigenvalue weighted by atomic mass is 16.1. The minimum absolute atomic E-state index is 0.0292. The molecule has 0 aliphatic rings. The van der Waals surface area contributed by atoms with E-state index in [9.17, 15) is 9.59 Å². The molecule has 0 aromatic rings. The third-order valence-corrected chi connectivity index (χ3v) is 3.43. The quantitative estimate of drug-likeness (QED) is 0.330. The molecule has 0 saturated carbocycles. The first-order valence-corrected chi connectivity index (χ1v) is 8.20. The molecule has 0 spiro atoms. The molecule has 0 saturated heterocycles. The Balaban J connectivity index is 0. The zero-order valence-electron chi connectivity index (χ0n) is 15.4. The van der Waals surface area contributed by atoms with Gasteiger partial charge < -0.3 is 27.8 Å². The standard InChI is InChI=1S/C9H18N2O.C8H17N3O/c1-7(8(2)12)5-4-6-11-9(3)10;1-6(12)8(10)4-3-5-11-7(2)9/h7,11H,3-6,10H2,1-2H3;8,11H,2-5,9-10H2,1H3/t7-;8-/m00/s1. The summed E-state index contributed by atoms with van der Waals surface area (Å²) < 4.78 is 0. The van der Waals surface area contributed by atoms with Crippen LogP contribution in [0.15, 0.2) is 24.8 Å². The summed E-state index contributed by atoms with van der Waals surface area (Å²) in [5.41, 5.74) is 16.1. The molecule has 0 aromatic carbocycles. The molecular formula is C17H35N5O2. The van der Waals surface area contributed by atoms with Crippen molar-refractivity contribution in [2.45, 2.75) is 52.5 Å². The fraction of sp³-hybridized carbons (Fsp3) is 0.647. The highest BCUT2D eigenvalue weighted by molar-refractivity contribution is 5.81. The van der Waals surface area contributed by atoms with E-state index in [1.807, 2.05) is 6.92 Å². The Bertz CT molecular complexity index is 372. The molecule has 2 atom stereocenters. The van der Waals surface area contributed by atoms with Gasteiger partial charge in [0.15, 0.2) is 0 Å². The monoisotopic (exact) mass is 341 g/mol. The van der Waals surface area contributed by atoms with Gasteiger partial charge in [0.25, 0.3) is 0 Å². The first-order chi connectivity index (χ1) is 11.1. The number of Topliss-reactive ketones (excluding diaryl/α,β-unsaturated/α-hetero) is 2. The summed E-state index contributed by atoms with van der Waals surface area (Å²) in [6.07, 6.45) is 3.39. The summed E-state index contributed by atoms with van der Waals surface area (Å²) in [5, 5.41) is 5.77. The van der Waals surface area contributed by atoms with Crippen LogP contribution in [0.1, 0.15) is 46.5 Å². The van der Waals surface area contributed by atoms with E-state index >= 15 is 0 Å². The van der Waals surface area contributed by atoms with Crippen LogP contribution in [0.2, 0.25) is 0 Å². The summed E-state index contributed by atoms with van der Waals surface area (Å²) in [5.74, 6) is 1.39. The minimum Gasteiger partial charge on any atom is -0.386 e. The summed E-state index contributed by atoms with van der Waals surface area (Å²) in [4.78, 5) is 21.5. The van der Waals surface area contributed by atoms with Gasteiger partial charge in [-0.3, -0.25) is 9.59 Å². The van der Waals surface area contributed by atoms with Crippen LogP contribution < -0.4 is 27.8 Å². The third kappa shape index (κ3) is 18.0. The summed E-state index contributed by atoms with van der Waals surface area (Å²) in [6.45, 7) is 13.6. The fourth-order valence-electron chi connectivity index (χ4n) is 1.63. The van der Waals surface area contributed by atoms with Gasteiger partial charge in [-0.05, 0) is 39.5 Å². The van der Waals surface area contributed by atoms with E-state index in [1.54, 1.807) is 6.92 Å². The highest BCUT2D eigenvalue weighted by Gasteiger charge is 2.06. The maximum Gasteiger partial charge on any atom is 0.146 e. The first kappa shape index (κ1) is 24.2. The summed E-state index contributed by atoms with van der Waals surface area (Å²) >= 11 is 0. The molecule has 24 heavy (non-hydrogen) atoms. The predicted molar refractivity (Wildman–Crippen MR) is 99.6 cm³/mol. The molecule has 0 aliphatic heterocycles. The molecule has 0 amide bonds. The second-order valence-electron chi connectivity index (χ2n) is 5.92. The van der Waals surface area contributed by atoms with Crippen molar-refractivity contribution in [1.29, 1.82) is 0 Å². The maximum atomic E-state index is 10.8. The third-order valence-electron chi connectivity index (χ3n) is 3.43. The number of hydrogen-bond acceptors (Lipinski definition) is 7. The van der Waals surface area contributed by atoms with E-state index in [0.29, 0.717) is 18.1 Å². The van der Waals surface area contributed by atoms with Gasteiger partial charge in [0.1, 0.15) is 11.6 Å². The van der Waals surface area contributed by atoms with Crippen LogP contribution in [-0.2, 0) is 9.59 Å². The van der Waals surface area contributed by atoms with Crippen molar-refractivity contribution in [3.63, 3.8) is 0 Å². The largest absolute Gasteiger partial charge is 0.386 e. The lowest BCUT2D eigenvalue weighted by molar-refractivity contribution is -0.120. The number of carbonyl (C=O) groups is 2. The number of carbonyl (C=O) groups excluding carboxylic acids is 2. The topological polar surface area (TPSA) is 136 Å². The van der Waals surface area contributed by atoms with Crippen LogP contribution >= 0.6 is 0 Å². The lowest BCUT2D eigenvalue weighted by atomic mass is 10.0. The van der Waals surface area contributed by atoms with E-state index < -0.39 is 0 Å². The molecule has 0 heterocycles. The second-order valence-corrected chi connectivity index (χ2v) is 5.92. The van der Waals surface area contributed by atoms with E-state index in [1.165, 1.54) is 6.92 Å². The second kappa shape index (κ2) is 14.6. The van der Waals surface area contributed by atoms with Crippen molar-refractivity contribution in [1.82, 2.24) is 10.6 Å². The fourth-order valence-corrected chi connectivity index (χ4v) is 1.63. The van der Waals surface area contributed by atoms with Gasteiger partial charge in [0.05, 0.1) is 17.7 Å². The highest BCUT2D eigenvalue weighted by Crippen LogP contribution is 2.05. The Hall–Kier alpha value is -2.02. The Morgan fingerprint density at radius 2 is 1.33 bits per heavy atom. The van der Waals surface area contributed by atoms with Crippen LogP contribution in [0.3, 0.4) is 0 Å². The molecule has 7 heteroatoms. The molecule has 0 fully saturated rings. The molecule has 0 aromatic heterocycles. The average Bonchev–Trinajstić information content (AvgIpc) is 2.47. The molecule has 140 valence electrons. The van der Waals surface area contributed by atoms with Gasteiger partial charge in [-0.25, -0.2) is 0 Å². The van der Waals surface area contributed by atoms with Crippen molar-refractivity contribution in [3.8, 4) is 0 Å². The number of nitrogens with one attached hydrogen (secondary N) is 2. The van der Waals surface area contributed by atoms with Crippen LogP contribution in [0, 0.1) is 5.92 Å². The zero-order chi connectivity index (χ0) is 19.1. The predicted octanol–water partition coefficient (Wildman–Crippen LogP) is 0.714. The SMILES string of the molecule is C=C(N)NCCC[C@H](C)C(C)=O.C=C(N)NCCC[C@H](N)C(C)=O. The van der Waals surface area contributed by atoms with Crippen molar-refractivity contribution in [2.24, 2.45) is 23.1 Å². The molecule has 0 bridgehead atoms. The lowest BCUT2D eigenvalue weighted by Gasteiger charge is -2.08. The minimum atomic E-state index is -0.335. The van der Waals surface area contributed by atoms with Crippen molar-refractivity contribution in [3.05, 3.63) is 24.8 Å². The number of ketones is 2. The molecule has 0 unspecified atom stereocenters. The Morgan fingerprint density at radius 3 is 1.67 bits per heavy atom. The van der Waals surface area contributed by atoms with E-state index in [2.05, 4.69) is 23.8 Å². The molecular weight excluding hydrogens is 306 g/mol. The van der Waals surface area contributed by atoms with Crippen LogP contribution in [0.4, 0.5) is 0 Å². The Labute approximate surface area is 146 Å². The van der Waals surface area contributed by atoms with Gasteiger partial charge >= 0.3 is 0 Å². The van der Waals surface area contributed by atoms with Crippen LogP contribution in [-0.4, -0.2) is 30.7 Å². The lowest BCUT2D eigenvalue weighted by Crippen LogP contribution is -2.29. The van der Waals surface area contributed by atoms with E-state index in [4.69, 9.17) is 17.2 Å². The first-order valence-electron chi connectivity index (χ1n) is 8.20. The summed E-state index contributed by atoms with van der Waals surface area (Å²) in [7, 11) is 0. The molecule has 0 radical (unpaired) electrons. The van der Waals surface area contributed by atoms with Gasteiger partial charge in [-0.1, -0.05) is 20.1 Å².